The van der Waals surface area contributed by atoms with Crippen LogP contribution in [0.3, 0.4) is 0 Å². The lowest BCUT2D eigenvalue weighted by Gasteiger charge is -2.40. The molecule has 5 nitrogen and oxygen atoms in total. The average molecular weight is 435 g/mol. The van der Waals surface area contributed by atoms with Gasteiger partial charge in [-0.2, -0.15) is 0 Å². The van der Waals surface area contributed by atoms with E-state index in [9.17, 15) is 14.0 Å². The molecule has 3 fully saturated rings. The van der Waals surface area contributed by atoms with Crippen molar-refractivity contribution in [1.82, 2.24) is 4.90 Å². The maximum atomic E-state index is 13.6. The number of aliphatic imine (C=N–C) groups is 1. The smallest absolute Gasteiger partial charge is 0.331 e. The van der Waals surface area contributed by atoms with Crippen LogP contribution in [0.15, 0.2) is 16.6 Å². The van der Waals surface area contributed by atoms with Crippen LogP contribution in [0.4, 0.5) is 4.39 Å². The Balaban J connectivity index is 1.31. The Hall–Kier alpha value is -1.37. The molecule has 6 unspecified atom stereocenters. The second-order valence-corrected chi connectivity index (χ2v) is 11.0. The molecule has 1 amide bonds. The molecule has 5 rings (SSSR count). The van der Waals surface area contributed by atoms with Crippen LogP contribution >= 0.6 is 11.8 Å². The van der Waals surface area contributed by atoms with Crippen molar-refractivity contribution in [3.05, 3.63) is 11.6 Å². The fraction of sp³-hybridized carbons (Fsp3) is 0.783. The number of halogens is 1. The van der Waals surface area contributed by atoms with Gasteiger partial charge in [0.15, 0.2) is 0 Å². The maximum absolute atomic E-state index is 13.6. The number of rotatable bonds is 3. The molecule has 0 spiro atoms. The van der Waals surface area contributed by atoms with Crippen LogP contribution < -0.4 is 0 Å². The molecule has 2 saturated carbocycles. The van der Waals surface area contributed by atoms with Gasteiger partial charge in [0.1, 0.15) is 17.6 Å². The Morgan fingerprint density at radius 3 is 2.80 bits per heavy atom. The van der Waals surface area contributed by atoms with E-state index in [1.54, 1.807) is 29.1 Å². The van der Waals surface area contributed by atoms with E-state index >= 15 is 0 Å². The number of amides is 1. The molecule has 0 N–H and O–H groups in total. The van der Waals surface area contributed by atoms with Crippen molar-refractivity contribution < 1.29 is 18.7 Å². The summed E-state index contributed by atoms with van der Waals surface area (Å²) < 4.78 is 19.2. The standard InChI is InChI=1S/C23H31FN2O3S/c1-13-2-7-17-15(9-20(27)29-19(17)8-13)10-26-12-25-22-21(23(26)28)18(11-30-22)14-3-5-16(24)6-4-14/h9,12-14,16-19,21-22H,2-8,10-11H2,1H3. The number of ether oxygens (including phenoxy) is 1. The number of fused-ring (bicyclic) bond motifs is 2. The molecule has 30 heavy (non-hydrogen) atoms. The predicted octanol–water partition coefficient (Wildman–Crippen LogP) is 3.98. The van der Waals surface area contributed by atoms with E-state index in [2.05, 4.69) is 6.92 Å². The summed E-state index contributed by atoms with van der Waals surface area (Å²) >= 11 is 1.77. The quantitative estimate of drug-likeness (QED) is 0.631. The molecule has 7 heteroatoms. The molecule has 164 valence electrons. The first-order valence-corrected chi connectivity index (χ1v) is 12.5. The normalized spacial score (nSPS) is 43.7. The Bertz CT molecular complexity index is 764. The van der Waals surface area contributed by atoms with E-state index in [1.165, 1.54) is 0 Å². The SMILES string of the molecule is CC1CCC2C(CN3C=NC4SCC(C5CCC(F)CC5)C4C3=O)=CC(=O)OC2C1. The van der Waals surface area contributed by atoms with Gasteiger partial charge in [-0.15, -0.1) is 11.8 Å². The van der Waals surface area contributed by atoms with Crippen molar-refractivity contribution >= 4 is 30.0 Å². The van der Waals surface area contributed by atoms with Gasteiger partial charge < -0.3 is 4.74 Å². The molecule has 1 saturated heterocycles. The van der Waals surface area contributed by atoms with Crippen LogP contribution in [0.2, 0.25) is 0 Å². The van der Waals surface area contributed by atoms with Crippen molar-refractivity contribution in [1.29, 1.82) is 0 Å². The fourth-order valence-electron chi connectivity index (χ4n) is 6.20. The zero-order valence-electron chi connectivity index (χ0n) is 17.5. The molecule has 3 aliphatic heterocycles. The van der Waals surface area contributed by atoms with Crippen LogP contribution in [0.1, 0.15) is 51.9 Å². The fourth-order valence-corrected chi connectivity index (χ4v) is 7.77. The summed E-state index contributed by atoms with van der Waals surface area (Å²) in [6.45, 7) is 2.64. The molecule has 6 atom stereocenters. The number of hydrogen-bond acceptors (Lipinski definition) is 5. The summed E-state index contributed by atoms with van der Waals surface area (Å²) in [5.74, 6) is 2.16. The molecule has 0 aromatic heterocycles. The highest BCUT2D eigenvalue weighted by Gasteiger charge is 2.49. The summed E-state index contributed by atoms with van der Waals surface area (Å²) in [5, 5.41) is -0.00423. The summed E-state index contributed by atoms with van der Waals surface area (Å²) in [5.41, 5.74) is 1.02. The minimum absolute atomic E-state index is 0.00423. The first-order chi connectivity index (χ1) is 14.5. The van der Waals surface area contributed by atoms with Gasteiger partial charge in [0.25, 0.3) is 0 Å². The van der Waals surface area contributed by atoms with E-state index in [1.807, 2.05) is 0 Å². The van der Waals surface area contributed by atoms with Crippen molar-refractivity contribution in [3.63, 3.8) is 0 Å². The number of esters is 1. The number of alkyl halides is 1. The lowest BCUT2D eigenvalue weighted by Crippen LogP contribution is -2.48. The summed E-state index contributed by atoms with van der Waals surface area (Å²) in [6, 6.07) is 0. The van der Waals surface area contributed by atoms with Gasteiger partial charge in [-0.25, -0.2) is 9.18 Å². The van der Waals surface area contributed by atoms with Gasteiger partial charge in [-0.05, 0) is 74.0 Å². The lowest BCUT2D eigenvalue weighted by molar-refractivity contribution is -0.150. The van der Waals surface area contributed by atoms with Gasteiger partial charge in [-0.1, -0.05) is 6.92 Å². The lowest BCUT2D eigenvalue weighted by atomic mass is 9.73. The van der Waals surface area contributed by atoms with E-state index in [4.69, 9.17) is 9.73 Å². The van der Waals surface area contributed by atoms with Crippen LogP contribution in [-0.2, 0) is 14.3 Å². The van der Waals surface area contributed by atoms with Gasteiger partial charge in [0, 0.05) is 18.5 Å². The highest BCUT2D eigenvalue weighted by Crippen LogP contribution is 2.48. The summed E-state index contributed by atoms with van der Waals surface area (Å²) in [4.78, 5) is 32.1. The number of thioether (sulfide) groups is 1. The maximum Gasteiger partial charge on any atom is 0.331 e. The van der Waals surface area contributed by atoms with Crippen LogP contribution in [0, 0.1) is 29.6 Å². The Labute approximate surface area is 181 Å². The Kier molecular flexibility index (Phi) is 5.67. The zero-order chi connectivity index (χ0) is 20.8. The first kappa shape index (κ1) is 20.5. The monoisotopic (exact) mass is 434 g/mol. The topological polar surface area (TPSA) is 59.0 Å². The molecule has 0 radical (unpaired) electrons. The number of nitrogens with zero attached hydrogens (tertiary/aromatic N) is 2. The predicted molar refractivity (Wildman–Crippen MR) is 115 cm³/mol. The van der Waals surface area contributed by atoms with Crippen LogP contribution in [-0.4, -0.2) is 53.1 Å². The molecule has 0 bridgehead atoms. The van der Waals surface area contributed by atoms with E-state index < -0.39 is 6.17 Å². The van der Waals surface area contributed by atoms with E-state index in [0.29, 0.717) is 31.2 Å². The van der Waals surface area contributed by atoms with Gasteiger partial charge in [-0.3, -0.25) is 14.7 Å². The van der Waals surface area contributed by atoms with Gasteiger partial charge >= 0.3 is 5.97 Å². The Morgan fingerprint density at radius 1 is 1.20 bits per heavy atom. The molecule has 3 heterocycles. The first-order valence-electron chi connectivity index (χ1n) is 11.5. The molecule has 5 aliphatic rings. The van der Waals surface area contributed by atoms with Crippen molar-refractivity contribution in [2.45, 2.75) is 69.5 Å². The van der Waals surface area contributed by atoms with Crippen molar-refractivity contribution in [2.24, 2.45) is 34.6 Å². The second kappa shape index (κ2) is 8.29. The van der Waals surface area contributed by atoms with Gasteiger partial charge in [0.05, 0.1) is 12.3 Å². The third kappa shape index (κ3) is 3.82. The van der Waals surface area contributed by atoms with Crippen molar-refractivity contribution in [2.75, 3.05) is 12.3 Å². The molecule has 2 aliphatic carbocycles. The highest BCUT2D eigenvalue weighted by molar-refractivity contribution is 8.00. The third-order valence-corrected chi connectivity index (χ3v) is 9.24. The molecular formula is C23H31FN2O3S. The minimum atomic E-state index is -0.674. The summed E-state index contributed by atoms with van der Waals surface area (Å²) in [7, 11) is 0. The highest BCUT2D eigenvalue weighted by atomic mass is 32.2. The molecule has 0 aromatic rings. The number of carbonyl (C=O) groups is 2. The number of carbonyl (C=O) groups excluding carboxylic acids is 2. The van der Waals surface area contributed by atoms with Crippen LogP contribution in [0.5, 0.6) is 0 Å². The summed E-state index contributed by atoms with van der Waals surface area (Å²) in [6.07, 6.45) is 8.60. The second-order valence-electron chi connectivity index (χ2n) is 9.88. The Morgan fingerprint density at radius 2 is 2.00 bits per heavy atom. The minimum Gasteiger partial charge on any atom is -0.459 e. The van der Waals surface area contributed by atoms with Crippen LogP contribution in [0.25, 0.3) is 0 Å². The third-order valence-electron chi connectivity index (χ3n) is 7.91. The van der Waals surface area contributed by atoms with E-state index in [-0.39, 0.29) is 41.1 Å². The van der Waals surface area contributed by atoms with Gasteiger partial charge in [0.2, 0.25) is 5.91 Å². The molecule has 0 aromatic carbocycles. The molecular weight excluding hydrogens is 403 g/mol. The van der Waals surface area contributed by atoms with Crippen molar-refractivity contribution in [3.8, 4) is 0 Å². The zero-order valence-corrected chi connectivity index (χ0v) is 18.4. The van der Waals surface area contributed by atoms with E-state index in [0.717, 1.165) is 43.4 Å². The number of hydrogen-bond donors (Lipinski definition) is 0. The largest absolute Gasteiger partial charge is 0.459 e. The average Bonchev–Trinajstić information content (AvgIpc) is 3.15.